The van der Waals surface area contributed by atoms with Crippen molar-refractivity contribution in [3.63, 3.8) is 0 Å². The highest BCUT2D eigenvalue weighted by molar-refractivity contribution is 5.92. The topological polar surface area (TPSA) is 49.4 Å². The number of hydrogen-bond acceptors (Lipinski definition) is 2. The number of rotatable bonds is 4. The van der Waals surface area contributed by atoms with E-state index in [1.54, 1.807) is 4.90 Å². The first-order valence-electron chi connectivity index (χ1n) is 9.76. The quantitative estimate of drug-likeness (QED) is 0.816. The van der Waals surface area contributed by atoms with Crippen molar-refractivity contribution in [2.45, 2.75) is 51.0 Å². The highest BCUT2D eigenvalue weighted by Crippen LogP contribution is 2.21. The summed E-state index contributed by atoms with van der Waals surface area (Å²) in [7, 11) is 0. The number of nitrogens with zero attached hydrogens (tertiary/aromatic N) is 1. The second kappa shape index (κ2) is 9.11. The van der Waals surface area contributed by atoms with E-state index in [0.717, 1.165) is 50.7 Å². The Kier molecular flexibility index (Phi) is 6.58. The number of amides is 2. The van der Waals surface area contributed by atoms with E-state index in [-0.39, 0.29) is 29.3 Å². The molecule has 0 radical (unpaired) electrons. The van der Waals surface area contributed by atoms with E-state index in [9.17, 15) is 18.4 Å². The Hall–Kier alpha value is -2.24. The Labute approximate surface area is 158 Å². The molecule has 0 bridgehead atoms. The third kappa shape index (κ3) is 5.15. The summed E-state index contributed by atoms with van der Waals surface area (Å²) in [6.45, 7) is 0.900. The van der Waals surface area contributed by atoms with Crippen LogP contribution >= 0.6 is 0 Å². The van der Waals surface area contributed by atoms with E-state index >= 15 is 0 Å². The number of halogens is 2. The molecular weight excluding hydrogens is 350 g/mol. The molecule has 1 aromatic carbocycles. The summed E-state index contributed by atoms with van der Waals surface area (Å²) < 4.78 is 27.3. The zero-order valence-electron chi connectivity index (χ0n) is 15.4. The molecule has 2 amide bonds. The van der Waals surface area contributed by atoms with Crippen molar-refractivity contribution in [2.24, 2.45) is 5.92 Å². The first-order chi connectivity index (χ1) is 13.0. The van der Waals surface area contributed by atoms with Crippen molar-refractivity contribution in [3.8, 4) is 0 Å². The summed E-state index contributed by atoms with van der Waals surface area (Å²) in [5, 5.41) is 3.13. The minimum atomic E-state index is -0.706. The van der Waals surface area contributed by atoms with Crippen LogP contribution in [0.4, 0.5) is 8.78 Å². The number of benzene rings is 1. The molecule has 1 N–H and O–H groups in total. The molecule has 146 valence electrons. The van der Waals surface area contributed by atoms with Gasteiger partial charge < -0.3 is 10.2 Å². The van der Waals surface area contributed by atoms with E-state index in [2.05, 4.69) is 5.32 Å². The summed E-state index contributed by atoms with van der Waals surface area (Å²) >= 11 is 0. The van der Waals surface area contributed by atoms with Crippen LogP contribution in [0.3, 0.4) is 0 Å². The number of nitrogens with one attached hydrogen (secondary N) is 1. The van der Waals surface area contributed by atoms with Crippen LogP contribution in [-0.2, 0) is 9.59 Å². The second-order valence-corrected chi connectivity index (χ2v) is 7.44. The van der Waals surface area contributed by atoms with Gasteiger partial charge in [-0.25, -0.2) is 8.78 Å². The van der Waals surface area contributed by atoms with E-state index in [0.29, 0.717) is 13.1 Å². The van der Waals surface area contributed by atoms with Gasteiger partial charge in [0.25, 0.3) is 0 Å². The minimum absolute atomic E-state index is 0.0172. The fourth-order valence-electron chi connectivity index (χ4n) is 3.89. The third-order valence-corrected chi connectivity index (χ3v) is 5.45. The van der Waals surface area contributed by atoms with Crippen molar-refractivity contribution in [3.05, 3.63) is 41.5 Å². The van der Waals surface area contributed by atoms with Gasteiger partial charge in [0.05, 0.1) is 5.92 Å². The zero-order valence-corrected chi connectivity index (χ0v) is 15.4. The van der Waals surface area contributed by atoms with Crippen LogP contribution in [0, 0.1) is 17.6 Å². The van der Waals surface area contributed by atoms with Crippen molar-refractivity contribution in [1.82, 2.24) is 10.2 Å². The Morgan fingerprint density at radius 2 is 1.74 bits per heavy atom. The normalized spacial score (nSPS) is 21.4. The maximum atomic E-state index is 13.7. The van der Waals surface area contributed by atoms with Gasteiger partial charge in [0.2, 0.25) is 11.8 Å². The van der Waals surface area contributed by atoms with Gasteiger partial charge in [-0.3, -0.25) is 9.59 Å². The maximum absolute atomic E-state index is 13.7. The molecule has 1 saturated heterocycles. The maximum Gasteiger partial charge on any atom is 0.246 e. The molecule has 1 aliphatic heterocycles. The van der Waals surface area contributed by atoms with Crippen LogP contribution in [0.2, 0.25) is 0 Å². The van der Waals surface area contributed by atoms with Crippen LogP contribution in [0.15, 0.2) is 24.3 Å². The highest BCUT2D eigenvalue weighted by atomic mass is 19.1. The molecule has 1 aliphatic carbocycles. The predicted molar refractivity (Wildman–Crippen MR) is 99.7 cm³/mol. The van der Waals surface area contributed by atoms with Crippen LogP contribution in [-0.4, -0.2) is 35.8 Å². The van der Waals surface area contributed by atoms with Gasteiger partial charge in [-0.15, -0.1) is 0 Å². The summed E-state index contributed by atoms with van der Waals surface area (Å²) in [6.07, 6.45) is 9.43. The molecule has 1 atom stereocenters. The van der Waals surface area contributed by atoms with Crippen molar-refractivity contribution in [1.29, 1.82) is 0 Å². The number of piperidine rings is 1. The highest BCUT2D eigenvalue weighted by Gasteiger charge is 2.29. The van der Waals surface area contributed by atoms with Gasteiger partial charge in [-0.2, -0.15) is 0 Å². The molecule has 2 aliphatic rings. The Morgan fingerprint density at radius 1 is 1.04 bits per heavy atom. The van der Waals surface area contributed by atoms with E-state index in [4.69, 9.17) is 0 Å². The molecule has 27 heavy (non-hydrogen) atoms. The van der Waals surface area contributed by atoms with Gasteiger partial charge in [-0.05, 0) is 43.9 Å². The molecule has 0 unspecified atom stereocenters. The summed E-state index contributed by atoms with van der Waals surface area (Å²) in [6, 6.07) is 3.84. The Balaban J connectivity index is 1.57. The minimum Gasteiger partial charge on any atom is -0.353 e. The van der Waals surface area contributed by atoms with Crippen molar-refractivity contribution in [2.75, 3.05) is 13.1 Å². The first-order valence-corrected chi connectivity index (χ1v) is 9.76. The number of likely N-dealkylation sites (tertiary alicyclic amines) is 1. The fourth-order valence-corrected chi connectivity index (χ4v) is 3.89. The lowest BCUT2D eigenvalue weighted by Crippen LogP contribution is -2.47. The van der Waals surface area contributed by atoms with Gasteiger partial charge in [0, 0.05) is 30.8 Å². The van der Waals surface area contributed by atoms with E-state index in [1.165, 1.54) is 24.6 Å². The monoisotopic (exact) mass is 376 g/mol. The van der Waals surface area contributed by atoms with Crippen LogP contribution in [0.5, 0.6) is 0 Å². The Morgan fingerprint density at radius 3 is 2.44 bits per heavy atom. The standard InChI is InChI=1S/C21H26F2N2O2/c22-18-9-4-10-19(23)17(18)11-12-20(26)25-13-5-6-15(14-25)21(27)24-16-7-2-1-3-8-16/h4,9-12,15-16H,1-3,5-8,13-14H2,(H,24,27)/b12-11-/t15-/m1/s1. The molecule has 1 heterocycles. The lowest BCUT2D eigenvalue weighted by Gasteiger charge is -2.33. The number of carbonyl (C=O) groups excluding carboxylic acids is 2. The van der Waals surface area contributed by atoms with Gasteiger partial charge in [0.1, 0.15) is 11.6 Å². The van der Waals surface area contributed by atoms with Gasteiger partial charge >= 0.3 is 0 Å². The van der Waals surface area contributed by atoms with E-state index < -0.39 is 11.6 Å². The molecule has 1 saturated carbocycles. The smallest absolute Gasteiger partial charge is 0.246 e. The van der Waals surface area contributed by atoms with Gasteiger partial charge in [-0.1, -0.05) is 25.3 Å². The summed E-state index contributed by atoms with van der Waals surface area (Å²) in [4.78, 5) is 26.5. The first kappa shape index (κ1) is 19.5. The number of carbonyl (C=O) groups is 2. The average Bonchev–Trinajstić information content (AvgIpc) is 2.68. The third-order valence-electron chi connectivity index (χ3n) is 5.45. The summed E-state index contributed by atoms with van der Waals surface area (Å²) in [5.74, 6) is -1.94. The van der Waals surface area contributed by atoms with Crippen molar-refractivity contribution >= 4 is 17.9 Å². The largest absolute Gasteiger partial charge is 0.353 e. The lowest BCUT2D eigenvalue weighted by atomic mass is 9.93. The molecule has 4 nitrogen and oxygen atoms in total. The molecule has 3 rings (SSSR count). The SMILES string of the molecule is O=C(NC1CCCCC1)[C@@H]1CCCN(C(=O)/C=C\c2c(F)cccc2F)C1. The molecule has 2 fully saturated rings. The van der Waals surface area contributed by atoms with Crippen molar-refractivity contribution < 1.29 is 18.4 Å². The van der Waals surface area contributed by atoms with Crippen LogP contribution < -0.4 is 5.32 Å². The fraction of sp³-hybridized carbons (Fsp3) is 0.524. The van der Waals surface area contributed by atoms with Crippen LogP contribution in [0.1, 0.15) is 50.5 Å². The average molecular weight is 376 g/mol. The lowest BCUT2D eigenvalue weighted by molar-refractivity contribution is -0.132. The molecular formula is C21H26F2N2O2. The Bertz CT molecular complexity index is 694. The zero-order chi connectivity index (χ0) is 19.2. The molecule has 0 aromatic heterocycles. The van der Waals surface area contributed by atoms with E-state index in [1.807, 2.05) is 0 Å². The molecule has 1 aromatic rings. The molecule has 0 spiro atoms. The summed E-state index contributed by atoms with van der Waals surface area (Å²) in [5.41, 5.74) is -0.227. The van der Waals surface area contributed by atoms with Crippen LogP contribution in [0.25, 0.3) is 6.08 Å². The predicted octanol–water partition coefficient (Wildman–Crippen LogP) is 3.67. The number of hydrogen-bond donors (Lipinski definition) is 1. The molecule has 6 heteroatoms. The van der Waals surface area contributed by atoms with Gasteiger partial charge in [0.15, 0.2) is 0 Å². The second-order valence-electron chi connectivity index (χ2n) is 7.44.